The van der Waals surface area contributed by atoms with Crippen LogP contribution in [0.3, 0.4) is 0 Å². The summed E-state index contributed by atoms with van der Waals surface area (Å²) in [5.74, 6) is 0.105. The first-order chi connectivity index (χ1) is 13.3. The van der Waals surface area contributed by atoms with Crippen LogP contribution in [-0.2, 0) is 18.3 Å². The van der Waals surface area contributed by atoms with E-state index in [9.17, 15) is 18.3 Å². The van der Waals surface area contributed by atoms with Crippen LogP contribution in [-0.4, -0.2) is 29.2 Å². The molecular formula is C22H24F3NO2. The van der Waals surface area contributed by atoms with Crippen molar-refractivity contribution in [2.45, 2.75) is 56.1 Å². The quantitative estimate of drug-likeness (QED) is 0.818. The van der Waals surface area contributed by atoms with Crippen molar-refractivity contribution in [2.75, 3.05) is 7.11 Å². The minimum absolute atomic E-state index is 0.105. The fraction of sp³-hybridized carbons (Fsp3) is 0.455. The van der Waals surface area contributed by atoms with Crippen molar-refractivity contribution < 1.29 is 23.0 Å². The molecule has 2 saturated heterocycles. The van der Waals surface area contributed by atoms with Crippen molar-refractivity contribution >= 4 is 0 Å². The van der Waals surface area contributed by atoms with Crippen LogP contribution >= 0.6 is 0 Å². The lowest BCUT2D eigenvalue weighted by Crippen LogP contribution is -2.49. The fourth-order valence-corrected chi connectivity index (χ4v) is 4.84. The standard InChI is InChI=1S/C22H24F3NO2/c1-28-20-11-16(22(23,24)25)7-10-19(20)21(27)12-17-8-9-18(13-21)26(17)14-15-5-3-2-4-6-15/h2-7,10-11,17-18,27H,8-9,12-14H2,1H3. The van der Waals surface area contributed by atoms with E-state index in [0.29, 0.717) is 18.4 Å². The summed E-state index contributed by atoms with van der Waals surface area (Å²) in [7, 11) is 1.35. The first kappa shape index (κ1) is 19.3. The number of ether oxygens (including phenoxy) is 1. The number of benzene rings is 2. The zero-order valence-corrected chi connectivity index (χ0v) is 15.7. The number of halogens is 3. The Bertz CT molecular complexity index is 823. The van der Waals surface area contributed by atoms with Crippen LogP contribution in [0, 0.1) is 0 Å². The van der Waals surface area contributed by atoms with E-state index >= 15 is 0 Å². The SMILES string of the molecule is COc1cc(C(F)(F)F)ccc1C1(O)CC2CCC(C1)N2Cc1ccccc1. The maximum atomic E-state index is 13.0. The number of methoxy groups -OCH3 is 1. The number of aliphatic hydroxyl groups is 1. The Morgan fingerprint density at radius 2 is 1.71 bits per heavy atom. The molecule has 2 atom stereocenters. The average Bonchev–Trinajstić information content (AvgIpc) is 2.91. The lowest BCUT2D eigenvalue weighted by molar-refractivity contribution is -0.137. The fourth-order valence-electron chi connectivity index (χ4n) is 4.84. The van der Waals surface area contributed by atoms with Crippen molar-refractivity contribution in [1.82, 2.24) is 4.90 Å². The molecular weight excluding hydrogens is 367 g/mol. The minimum atomic E-state index is -4.44. The molecule has 2 aliphatic heterocycles. The van der Waals surface area contributed by atoms with Crippen LogP contribution in [0.25, 0.3) is 0 Å². The van der Waals surface area contributed by atoms with Gasteiger partial charge in [0.25, 0.3) is 0 Å². The van der Waals surface area contributed by atoms with Gasteiger partial charge in [-0.3, -0.25) is 4.90 Å². The molecule has 2 aromatic carbocycles. The zero-order chi connectivity index (χ0) is 19.9. The van der Waals surface area contributed by atoms with E-state index < -0.39 is 17.3 Å². The molecule has 0 amide bonds. The number of piperidine rings is 1. The summed E-state index contributed by atoms with van der Waals surface area (Å²) in [6, 6.07) is 14.0. The van der Waals surface area contributed by atoms with Crippen molar-refractivity contribution in [1.29, 1.82) is 0 Å². The van der Waals surface area contributed by atoms with Gasteiger partial charge in [-0.1, -0.05) is 36.4 Å². The van der Waals surface area contributed by atoms with Gasteiger partial charge in [0.05, 0.1) is 18.3 Å². The molecule has 2 unspecified atom stereocenters. The summed E-state index contributed by atoms with van der Waals surface area (Å²) in [6.45, 7) is 0.830. The molecule has 0 saturated carbocycles. The zero-order valence-electron chi connectivity index (χ0n) is 15.7. The van der Waals surface area contributed by atoms with Gasteiger partial charge in [0, 0.05) is 24.2 Å². The highest BCUT2D eigenvalue weighted by atomic mass is 19.4. The molecule has 4 rings (SSSR count). The molecule has 0 aromatic heterocycles. The molecule has 150 valence electrons. The third-order valence-electron chi connectivity index (χ3n) is 6.16. The number of nitrogens with zero attached hydrogens (tertiary/aromatic N) is 1. The molecule has 0 radical (unpaired) electrons. The van der Waals surface area contributed by atoms with Crippen LogP contribution in [0.2, 0.25) is 0 Å². The molecule has 2 bridgehead atoms. The molecule has 2 aromatic rings. The molecule has 0 aliphatic carbocycles. The van der Waals surface area contributed by atoms with Crippen molar-refractivity contribution in [3.05, 3.63) is 65.2 Å². The minimum Gasteiger partial charge on any atom is -0.496 e. The molecule has 2 fully saturated rings. The molecule has 1 N–H and O–H groups in total. The largest absolute Gasteiger partial charge is 0.496 e. The smallest absolute Gasteiger partial charge is 0.416 e. The molecule has 6 heteroatoms. The van der Waals surface area contributed by atoms with E-state index in [4.69, 9.17) is 4.74 Å². The second kappa shape index (κ2) is 7.08. The summed E-state index contributed by atoms with van der Waals surface area (Å²) < 4.78 is 44.4. The van der Waals surface area contributed by atoms with Gasteiger partial charge in [0.2, 0.25) is 0 Å². The Hall–Kier alpha value is -2.05. The second-order valence-corrected chi connectivity index (χ2v) is 7.90. The number of hydrogen-bond acceptors (Lipinski definition) is 3. The van der Waals surface area contributed by atoms with Crippen molar-refractivity contribution in [3.8, 4) is 5.75 Å². The topological polar surface area (TPSA) is 32.7 Å². The first-order valence-corrected chi connectivity index (χ1v) is 9.58. The Labute approximate surface area is 162 Å². The van der Waals surface area contributed by atoms with Crippen molar-refractivity contribution in [2.24, 2.45) is 0 Å². The number of rotatable bonds is 4. The van der Waals surface area contributed by atoms with E-state index in [1.807, 2.05) is 18.2 Å². The van der Waals surface area contributed by atoms with Gasteiger partial charge in [0.15, 0.2) is 0 Å². The van der Waals surface area contributed by atoms with Gasteiger partial charge in [-0.15, -0.1) is 0 Å². The highest BCUT2D eigenvalue weighted by Gasteiger charge is 2.49. The van der Waals surface area contributed by atoms with E-state index in [-0.39, 0.29) is 17.8 Å². The lowest BCUT2D eigenvalue weighted by Gasteiger charge is -2.44. The lowest BCUT2D eigenvalue weighted by atomic mass is 9.79. The van der Waals surface area contributed by atoms with E-state index in [2.05, 4.69) is 17.0 Å². The van der Waals surface area contributed by atoms with Gasteiger partial charge >= 0.3 is 6.18 Å². The molecule has 2 aliphatic rings. The Kier molecular flexibility index (Phi) is 4.88. The third-order valence-corrected chi connectivity index (χ3v) is 6.16. The Morgan fingerprint density at radius 3 is 2.29 bits per heavy atom. The number of hydrogen-bond donors (Lipinski definition) is 1. The summed E-state index contributed by atoms with van der Waals surface area (Å²) in [5, 5.41) is 11.4. The molecule has 0 spiro atoms. The predicted molar refractivity (Wildman–Crippen MR) is 99.9 cm³/mol. The summed E-state index contributed by atoms with van der Waals surface area (Å²) >= 11 is 0. The predicted octanol–water partition coefficient (Wildman–Crippen LogP) is 4.73. The average molecular weight is 391 g/mol. The maximum Gasteiger partial charge on any atom is 0.416 e. The normalized spacial score (nSPS) is 27.8. The number of fused-ring (bicyclic) bond motifs is 2. The monoisotopic (exact) mass is 391 g/mol. The number of alkyl halides is 3. The highest BCUT2D eigenvalue weighted by Crippen LogP contribution is 2.49. The second-order valence-electron chi connectivity index (χ2n) is 7.90. The summed E-state index contributed by atoms with van der Waals surface area (Å²) in [4.78, 5) is 2.43. The van der Waals surface area contributed by atoms with Gasteiger partial charge in [-0.25, -0.2) is 0 Å². The molecule has 2 heterocycles. The highest BCUT2D eigenvalue weighted by molar-refractivity contribution is 5.43. The van der Waals surface area contributed by atoms with E-state index in [1.54, 1.807) is 0 Å². The van der Waals surface area contributed by atoms with Crippen LogP contribution in [0.5, 0.6) is 5.75 Å². The Morgan fingerprint density at radius 1 is 1.07 bits per heavy atom. The van der Waals surface area contributed by atoms with Crippen LogP contribution < -0.4 is 4.74 Å². The molecule has 28 heavy (non-hydrogen) atoms. The van der Waals surface area contributed by atoms with Crippen LogP contribution in [0.4, 0.5) is 13.2 Å². The van der Waals surface area contributed by atoms with Gasteiger partial charge in [-0.05, 0) is 43.4 Å². The van der Waals surface area contributed by atoms with Crippen LogP contribution in [0.1, 0.15) is 42.4 Å². The van der Waals surface area contributed by atoms with Crippen LogP contribution in [0.15, 0.2) is 48.5 Å². The van der Waals surface area contributed by atoms with E-state index in [1.165, 1.54) is 18.7 Å². The van der Waals surface area contributed by atoms with Gasteiger partial charge in [-0.2, -0.15) is 13.2 Å². The Balaban J connectivity index is 1.59. The summed E-state index contributed by atoms with van der Waals surface area (Å²) in [5.41, 5.74) is -0.244. The third kappa shape index (κ3) is 3.51. The maximum absolute atomic E-state index is 13.0. The van der Waals surface area contributed by atoms with Gasteiger partial charge < -0.3 is 9.84 Å². The summed E-state index contributed by atoms with van der Waals surface area (Å²) in [6.07, 6.45) is -1.46. The van der Waals surface area contributed by atoms with Crippen molar-refractivity contribution in [3.63, 3.8) is 0 Å². The van der Waals surface area contributed by atoms with E-state index in [0.717, 1.165) is 31.5 Å². The molecule has 3 nitrogen and oxygen atoms in total. The first-order valence-electron chi connectivity index (χ1n) is 9.58. The van der Waals surface area contributed by atoms with Gasteiger partial charge in [0.1, 0.15) is 5.75 Å².